The van der Waals surface area contributed by atoms with Gasteiger partial charge < -0.3 is 0 Å². The van der Waals surface area contributed by atoms with E-state index in [1.807, 2.05) is 13.8 Å². The van der Waals surface area contributed by atoms with E-state index in [2.05, 4.69) is 6.07 Å². The van der Waals surface area contributed by atoms with Gasteiger partial charge in [-0.3, -0.25) is 4.21 Å². The zero-order chi connectivity index (χ0) is 9.19. The van der Waals surface area contributed by atoms with Crippen molar-refractivity contribution < 1.29 is 4.21 Å². The summed E-state index contributed by atoms with van der Waals surface area (Å²) in [6, 6.07) is 2.18. The van der Waals surface area contributed by atoms with Gasteiger partial charge in [-0.15, -0.1) is 0 Å². The molecule has 1 atom stereocenters. The van der Waals surface area contributed by atoms with Crippen LogP contribution < -0.4 is 0 Å². The normalized spacial score (nSPS) is 21.8. The van der Waals surface area contributed by atoms with E-state index in [0.29, 0.717) is 6.42 Å². The monoisotopic (exact) mass is 185 g/mol. The van der Waals surface area contributed by atoms with Crippen molar-refractivity contribution in [2.24, 2.45) is 5.41 Å². The second-order valence-corrected chi connectivity index (χ2v) is 5.90. The fraction of sp³-hybridized carbons (Fsp3) is 0.889. The smallest absolute Gasteiger partial charge is 0.0627 e. The van der Waals surface area contributed by atoms with Gasteiger partial charge in [-0.2, -0.15) is 5.26 Å². The van der Waals surface area contributed by atoms with Crippen molar-refractivity contribution >= 4 is 10.8 Å². The van der Waals surface area contributed by atoms with Crippen LogP contribution in [-0.4, -0.2) is 15.2 Å². The van der Waals surface area contributed by atoms with Gasteiger partial charge in [0.25, 0.3) is 0 Å². The van der Waals surface area contributed by atoms with Crippen LogP contribution in [0.1, 0.15) is 33.1 Å². The molecule has 0 aromatic carbocycles. The summed E-state index contributed by atoms with van der Waals surface area (Å²) in [6.45, 7) is 3.94. The molecule has 0 heterocycles. The minimum absolute atomic E-state index is 0.143. The Morgan fingerprint density at radius 3 is 2.50 bits per heavy atom. The molecule has 0 saturated heterocycles. The van der Waals surface area contributed by atoms with Gasteiger partial charge in [-0.25, -0.2) is 0 Å². The first kappa shape index (κ1) is 9.73. The Labute approximate surface area is 76.4 Å². The molecule has 12 heavy (non-hydrogen) atoms. The van der Waals surface area contributed by atoms with Crippen LogP contribution >= 0.6 is 0 Å². The van der Waals surface area contributed by atoms with Gasteiger partial charge in [-0.1, -0.05) is 13.8 Å². The van der Waals surface area contributed by atoms with Gasteiger partial charge in [0.15, 0.2) is 0 Å². The van der Waals surface area contributed by atoms with E-state index in [1.54, 1.807) is 0 Å². The van der Waals surface area contributed by atoms with Crippen LogP contribution in [-0.2, 0) is 10.8 Å². The molecule has 0 aromatic rings. The molecule has 3 heteroatoms. The first-order valence-electron chi connectivity index (χ1n) is 4.34. The molecule has 2 nitrogen and oxygen atoms in total. The Balaban J connectivity index is 2.41. The highest BCUT2D eigenvalue weighted by molar-refractivity contribution is 7.85. The third kappa shape index (κ3) is 2.31. The summed E-state index contributed by atoms with van der Waals surface area (Å²) in [7, 11) is -0.731. The molecule has 0 N–H and O–H groups in total. The fourth-order valence-corrected chi connectivity index (χ4v) is 2.51. The second kappa shape index (κ2) is 3.57. The highest BCUT2D eigenvalue weighted by Gasteiger charge is 2.43. The summed E-state index contributed by atoms with van der Waals surface area (Å²) in [5, 5.41) is 8.78. The average Bonchev–Trinajstić information content (AvgIpc) is 2.69. The third-order valence-corrected chi connectivity index (χ3v) is 4.33. The minimum atomic E-state index is -0.731. The predicted molar refractivity (Wildman–Crippen MR) is 50.0 cm³/mol. The minimum Gasteiger partial charge on any atom is -0.259 e. The summed E-state index contributed by atoms with van der Waals surface area (Å²) >= 11 is 0. The summed E-state index contributed by atoms with van der Waals surface area (Å²) in [5.41, 5.74) is 0.143. The number of nitrogens with zero attached hydrogens (tertiary/aromatic N) is 1. The van der Waals surface area contributed by atoms with Crippen LogP contribution in [0.5, 0.6) is 0 Å². The summed E-state index contributed by atoms with van der Waals surface area (Å²) in [5.74, 6) is 0.734. The molecule has 0 bridgehead atoms. The molecule has 0 amide bonds. The van der Waals surface area contributed by atoms with Crippen molar-refractivity contribution in [2.45, 2.75) is 38.4 Å². The van der Waals surface area contributed by atoms with Crippen molar-refractivity contribution in [3.05, 3.63) is 0 Å². The van der Waals surface area contributed by atoms with E-state index >= 15 is 0 Å². The molecule has 1 rings (SSSR count). The maximum absolute atomic E-state index is 11.5. The Morgan fingerprint density at radius 1 is 1.58 bits per heavy atom. The third-order valence-electron chi connectivity index (χ3n) is 2.39. The fourth-order valence-electron chi connectivity index (χ4n) is 1.19. The largest absolute Gasteiger partial charge is 0.259 e. The van der Waals surface area contributed by atoms with Crippen LogP contribution in [0, 0.1) is 16.7 Å². The van der Waals surface area contributed by atoms with Crippen molar-refractivity contribution in [3.8, 4) is 6.07 Å². The van der Waals surface area contributed by atoms with Crippen molar-refractivity contribution in [2.75, 3.05) is 5.75 Å². The number of nitriles is 1. The zero-order valence-corrected chi connectivity index (χ0v) is 8.49. The van der Waals surface area contributed by atoms with E-state index in [4.69, 9.17) is 5.26 Å². The molecule has 1 fully saturated rings. The lowest BCUT2D eigenvalue weighted by molar-refractivity contribution is 0.584. The number of hydrogen-bond donors (Lipinski definition) is 0. The van der Waals surface area contributed by atoms with E-state index in [-0.39, 0.29) is 10.7 Å². The van der Waals surface area contributed by atoms with Crippen LogP contribution in [0.3, 0.4) is 0 Å². The van der Waals surface area contributed by atoms with Crippen molar-refractivity contribution in [1.29, 1.82) is 5.26 Å². The van der Waals surface area contributed by atoms with Gasteiger partial charge in [0.1, 0.15) is 0 Å². The van der Waals surface area contributed by atoms with E-state index in [1.165, 1.54) is 0 Å². The molecule has 1 saturated carbocycles. The lowest BCUT2D eigenvalue weighted by atomic mass is 10.1. The molecule has 0 spiro atoms. The molecule has 1 aliphatic carbocycles. The Hall–Kier alpha value is -0.360. The maximum Gasteiger partial charge on any atom is 0.0627 e. The van der Waals surface area contributed by atoms with Gasteiger partial charge in [0.05, 0.1) is 6.07 Å². The van der Waals surface area contributed by atoms with Crippen LogP contribution in [0.2, 0.25) is 0 Å². The van der Waals surface area contributed by atoms with Gasteiger partial charge in [-0.05, 0) is 18.3 Å². The zero-order valence-electron chi connectivity index (χ0n) is 7.67. The van der Waals surface area contributed by atoms with Crippen LogP contribution in [0.15, 0.2) is 0 Å². The first-order valence-corrected chi connectivity index (χ1v) is 5.72. The van der Waals surface area contributed by atoms with E-state index in [0.717, 1.165) is 18.6 Å². The Bertz CT molecular complexity index is 225. The summed E-state index contributed by atoms with van der Waals surface area (Å²) < 4.78 is 11.5. The van der Waals surface area contributed by atoms with Gasteiger partial charge >= 0.3 is 0 Å². The maximum atomic E-state index is 11.5. The molecule has 0 aromatic heterocycles. The van der Waals surface area contributed by atoms with E-state index in [9.17, 15) is 4.21 Å². The highest BCUT2D eigenvalue weighted by Crippen LogP contribution is 2.49. The SMILES string of the molecule is CC(C)S(=O)CC1(CC#N)CC1. The lowest BCUT2D eigenvalue weighted by Crippen LogP contribution is -2.18. The van der Waals surface area contributed by atoms with Crippen LogP contribution in [0.25, 0.3) is 0 Å². The Kier molecular flexibility index (Phi) is 2.89. The average molecular weight is 185 g/mol. The standard InChI is InChI=1S/C9H15NOS/c1-8(2)12(11)7-9(3-4-9)5-6-10/h8H,3-5,7H2,1-2H3. The lowest BCUT2D eigenvalue weighted by Gasteiger charge is -2.11. The van der Waals surface area contributed by atoms with E-state index < -0.39 is 10.8 Å². The quantitative estimate of drug-likeness (QED) is 0.670. The molecular formula is C9H15NOS. The first-order chi connectivity index (χ1) is 5.59. The highest BCUT2D eigenvalue weighted by atomic mass is 32.2. The number of rotatable bonds is 4. The van der Waals surface area contributed by atoms with Crippen LogP contribution in [0.4, 0.5) is 0 Å². The molecule has 68 valence electrons. The van der Waals surface area contributed by atoms with Crippen molar-refractivity contribution in [3.63, 3.8) is 0 Å². The topological polar surface area (TPSA) is 40.9 Å². The summed E-state index contributed by atoms with van der Waals surface area (Å²) in [4.78, 5) is 0. The molecular weight excluding hydrogens is 170 g/mol. The molecule has 1 aliphatic rings. The molecule has 0 radical (unpaired) electrons. The summed E-state index contributed by atoms with van der Waals surface area (Å²) in [6.07, 6.45) is 2.78. The van der Waals surface area contributed by atoms with Crippen molar-refractivity contribution in [1.82, 2.24) is 0 Å². The number of hydrogen-bond acceptors (Lipinski definition) is 2. The predicted octanol–water partition coefficient (Wildman–Crippen LogP) is 1.84. The second-order valence-electron chi connectivity index (χ2n) is 3.91. The Morgan fingerprint density at radius 2 is 2.17 bits per heavy atom. The van der Waals surface area contributed by atoms with Gasteiger partial charge in [0.2, 0.25) is 0 Å². The molecule has 1 unspecified atom stereocenters. The van der Waals surface area contributed by atoms with Gasteiger partial charge in [0, 0.05) is 28.2 Å². The molecule has 0 aliphatic heterocycles.